The molecule has 0 saturated heterocycles. The molecule has 0 bridgehead atoms. The quantitative estimate of drug-likeness (QED) is 0.783. The number of carbonyl (C=O) groups is 1. The van der Waals surface area contributed by atoms with E-state index in [0.717, 1.165) is 11.3 Å². The Balaban J connectivity index is 1.55. The second-order valence-corrected chi connectivity index (χ2v) is 4.85. The van der Waals surface area contributed by atoms with Gasteiger partial charge in [-0.1, -0.05) is 18.2 Å². The molecule has 2 aromatic carbocycles. The lowest BCUT2D eigenvalue weighted by molar-refractivity contribution is -0.118. The van der Waals surface area contributed by atoms with Crippen LogP contribution in [-0.4, -0.2) is 22.7 Å². The van der Waals surface area contributed by atoms with E-state index in [4.69, 9.17) is 9.15 Å². The lowest BCUT2D eigenvalue weighted by Crippen LogP contribution is -2.20. The lowest BCUT2D eigenvalue weighted by atomic mass is 10.2. The van der Waals surface area contributed by atoms with E-state index < -0.39 is 0 Å². The first kappa shape index (κ1) is 14.8. The topological polar surface area (TPSA) is 77.2 Å². The third-order valence-electron chi connectivity index (χ3n) is 3.05. The molecule has 1 heterocycles. The van der Waals surface area contributed by atoms with E-state index >= 15 is 0 Å². The summed E-state index contributed by atoms with van der Waals surface area (Å²) in [5, 5.41) is 10.5. The fraction of sp³-hybridized carbons (Fsp3) is 0.118. The van der Waals surface area contributed by atoms with Gasteiger partial charge < -0.3 is 14.5 Å². The van der Waals surface area contributed by atoms with Crippen LogP contribution in [0.25, 0.3) is 11.5 Å². The molecule has 1 N–H and O–H groups in total. The summed E-state index contributed by atoms with van der Waals surface area (Å²) in [7, 11) is 0. The molecule has 3 rings (SSSR count). The minimum absolute atomic E-state index is 0.0616. The molecule has 0 aliphatic rings. The molecular formula is C17H15N3O3. The molecule has 0 unspecified atom stereocenters. The van der Waals surface area contributed by atoms with Crippen molar-refractivity contribution in [2.24, 2.45) is 0 Å². The summed E-state index contributed by atoms with van der Waals surface area (Å²) >= 11 is 0. The van der Waals surface area contributed by atoms with Crippen molar-refractivity contribution in [1.82, 2.24) is 10.2 Å². The van der Waals surface area contributed by atoms with Crippen LogP contribution in [-0.2, 0) is 4.79 Å². The Morgan fingerprint density at radius 3 is 2.48 bits per heavy atom. The van der Waals surface area contributed by atoms with Gasteiger partial charge in [-0.3, -0.25) is 4.79 Å². The Morgan fingerprint density at radius 2 is 1.83 bits per heavy atom. The van der Waals surface area contributed by atoms with Crippen LogP contribution in [0.15, 0.2) is 59.0 Å². The molecule has 0 radical (unpaired) electrons. The van der Waals surface area contributed by atoms with Crippen LogP contribution >= 0.6 is 0 Å². The Labute approximate surface area is 133 Å². The Hall–Kier alpha value is -3.15. The van der Waals surface area contributed by atoms with Gasteiger partial charge in [0.15, 0.2) is 6.61 Å². The van der Waals surface area contributed by atoms with E-state index in [2.05, 4.69) is 15.5 Å². The first-order valence-electron chi connectivity index (χ1n) is 7.09. The summed E-state index contributed by atoms with van der Waals surface area (Å²) < 4.78 is 10.8. The standard InChI is InChI=1S/C17H15N3O3/c1-12-19-20-17(23-12)13-7-9-15(10-8-13)22-11-16(21)18-14-5-3-2-4-6-14/h2-10H,11H2,1H3,(H,18,21). The van der Waals surface area contributed by atoms with Gasteiger partial charge in [-0.25, -0.2) is 0 Å². The van der Waals surface area contributed by atoms with Crippen LogP contribution in [0.1, 0.15) is 5.89 Å². The minimum Gasteiger partial charge on any atom is -0.484 e. The molecule has 116 valence electrons. The van der Waals surface area contributed by atoms with Gasteiger partial charge >= 0.3 is 0 Å². The predicted molar refractivity (Wildman–Crippen MR) is 85.0 cm³/mol. The zero-order chi connectivity index (χ0) is 16.1. The fourth-order valence-electron chi connectivity index (χ4n) is 1.97. The second-order valence-electron chi connectivity index (χ2n) is 4.85. The monoisotopic (exact) mass is 309 g/mol. The number of anilines is 1. The van der Waals surface area contributed by atoms with Gasteiger partial charge in [0.25, 0.3) is 5.91 Å². The number of ether oxygens (including phenoxy) is 1. The smallest absolute Gasteiger partial charge is 0.262 e. The number of rotatable bonds is 5. The SMILES string of the molecule is Cc1nnc(-c2ccc(OCC(=O)Nc3ccccc3)cc2)o1. The number of amides is 1. The number of nitrogens with zero attached hydrogens (tertiary/aromatic N) is 2. The third kappa shape index (κ3) is 3.94. The minimum atomic E-state index is -0.215. The molecule has 1 amide bonds. The predicted octanol–water partition coefficient (Wildman–Crippen LogP) is 3.06. The maximum Gasteiger partial charge on any atom is 0.262 e. The highest BCUT2D eigenvalue weighted by Crippen LogP contribution is 2.21. The number of para-hydroxylation sites is 1. The van der Waals surface area contributed by atoms with Crippen molar-refractivity contribution in [3.8, 4) is 17.2 Å². The van der Waals surface area contributed by atoms with E-state index in [1.165, 1.54) is 0 Å². The van der Waals surface area contributed by atoms with Crippen molar-refractivity contribution < 1.29 is 13.9 Å². The molecule has 0 spiro atoms. The average Bonchev–Trinajstić information content (AvgIpc) is 3.01. The van der Waals surface area contributed by atoms with Crippen molar-refractivity contribution in [2.45, 2.75) is 6.92 Å². The number of carbonyl (C=O) groups excluding carboxylic acids is 1. The van der Waals surface area contributed by atoms with Crippen LogP contribution in [0.2, 0.25) is 0 Å². The summed E-state index contributed by atoms with van der Waals surface area (Å²) in [5.41, 5.74) is 1.54. The zero-order valence-corrected chi connectivity index (χ0v) is 12.5. The Morgan fingerprint density at radius 1 is 1.09 bits per heavy atom. The van der Waals surface area contributed by atoms with Gasteiger partial charge in [0.2, 0.25) is 11.8 Å². The van der Waals surface area contributed by atoms with Crippen molar-refractivity contribution in [3.63, 3.8) is 0 Å². The molecule has 3 aromatic rings. The largest absolute Gasteiger partial charge is 0.484 e. The number of hydrogen-bond acceptors (Lipinski definition) is 5. The molecule has 1 aromatic heterocycles. The normalized spacial score (nSPS) is 10.3. The van der Waals surface area contributed by atoms with Crippen LogP contribution in [0, 0.1) is 6.92 Å². The molecule has 0 atom stereocenters. The van der Waals surface area contributed by atoms with Crippen molar-refractivity contribution in [2.75, 3.05) is 11.9 Å². The number of hydrogen-bond donors (Lipinski definition) is 1. The number of aryl methyl sites for hydroxylation is 1. The summed E-state index contributed by atoms with van der Waals surface area (Å²) in [6, 6.07) is 16.4. The fourth-order valence-corrected chi connectivity index (χ4v) is 1.97. The molecule has 0 fully saturated rings. The second kappa shape index (κ2) is 6.74. The molecule has 6 nitrogen and oxygen atoms in total. The van der Waals surface area contributed by atoms with Gasteiger partial charge in [-0.05, 0) is 36.4 Å². The Kier molecular flexibility index (Phi) is 4.33. The lowest BCUT2D eigenvalue weighted by Gasteiger charge is -2.07. The van der Waals surface area contributed by atoms with Crippen molar-refractivity contribution >= 4 is 11.6 Å². The van der Waals surface area contributed by atoms with E-state index in [0.29, 0.717) is 17.5 Å². The van der Waals surface area contributed by atoms with Gasteiger partial charge in [0.05, 0.1) is 0 Å². The van der Waals surface area contributed by atoms with Crippen molar-refractivity contribution in [3.05, 3.63) is 60.5 Å². The van der Waals surface area contributed by atoms with E-state index in [-0.39, 0.29) is 12.5 Å². The number of nitrogens with one attached hydrogen (secondary N) is 1. The number of benzene rings is 2. The van der Waals surface area contributed by atoms with Crippen LogP contribution in [0.3, 0.4) is 0 Å². The first-order valence-corrected chi connectivity index (χ1v) is 7.09. The Bertz CT molecular complexity index is 782. The highest BCUT2D eigenvalue weighted by molar-refractivity contribution is 5.91. The van der Waals surface area contributed by atoms with Crippen LogP contribution in [0.5, 0.6) is 5.75 Å². The van der Waals surface area contributed by atoms with Gasteiger partial charge in [0.1, 0.15) is 5.75 Å². The van der Waals surface area contributed by atoms with Crippen LogP contribution in [0.4, 0.5) is 5.69 Å². The van der Waals surface area contributed by atoms with Gasteiger partial charge in [0, 0.05) is 18.2 Å². The highest BCUT2D eigenvalue weighted by atomic mass is 16.5. The maximum atomic E-state index is 11.8. The van der Waals surface area contributed by atoms with E-state index in [1.807, 2.05) is 30.3 Å². The summed E-state index contributed by atoms with van der Waals surface area (Å²) in [5.74, 6) is 1.34. The highest BCUT2D eigenvalue weighted by Gasteiger charge is 2.07. The molecule has 0 aliphatic carbocycles. The van der Waals surface area contributed by atoms with Gasteiger partial charge in [-0.2, -0.15) is 0 Å². The average molecular weight is 309 g/mol. The molecule has 0 saturated carbocycles. The first-order chi connectivity index (χ1) is 11.2. The zero-order valence-electron chi connectivity index (χ0n) is 12.5. The van der Waals surface area contributed by atoms with Gasteiger partial charge in [-0.15, -0.1) is 10.2 Å². The van der Waals surface area contributed by atoms with E-state index in [1.54, 1.807) is 31.2 Å². The molecule has 23 heavy (non-hydrogen) atoms. The molecule has 6 heteroatoms. The maximum absolute atomic E-state index is 11.8. The number of aromatic nitrogens is 2. The third-order valence-corrected chi connectivity index (χ3v) is 3.05. The summed E-state index contributed by atoms with van der Waals surface area (Å²) in [4.78, 5) is 11.8. The van der Waals surface area contributed by atoms with Crippen LogP contribution < -0.4 is 10.1 Å². The van der Waals surface area contributed by atoms with Crippen molar-refractivity contribution in [1.29, 1.82) is 0 Å². The summed E-state index contributed by atoms with van der Waals surface area (Å²) in [6.45, 7) is 1.67. The van der Waals surface area contributed by atoms with E-state index in [9.17, 15) is 4.79 Å². The summed E-state index contributed by atoms with van der Waals surface area (Å²) in [6.07, 6.45) is 0. The molecular weight excluding hydrogens is 294 g/mol. The molecule has 0 aliphatic heterocycles.